The van der Waals surface area contributed by atoms with E-state index in [9.17, 15) is 13.5 Å². The van der Waals surface area contributed by atoms with Gasteiger partial charge in [-0.05, 0) is 48.9 Å². The van der Waals surface area contributed by atoms with Crippen molar-refractivity contribution in [3.8, 4) is 5.75 Å². The van der Waals surface area contributed by atoms with Gasteiger partial charge in [0.05, 0.1) is 15.5 Å². The van der Waals surface area contributed by atoms with Crippen molar-refractivity contribution in [3.63, 3.8) is 0 Å². The monoisotopic (exact) mass is 342 g/mol. The van der Waals surface area contributed by atoms with Crippen LogP contribution in [0.2, 0.25) is 5.02 Å². The van der Waals surface area contributed by atoms with E-state index in [2.05, 4.69) is 0 Å². The highest BCUT2D eigenvalue weighted by Crippen LogP contribution is 2.38. The summed E-state index contributed by atoms with van der Waals surface area (Å²) in [7, 11) is -3.20. The molecule has 0 unspecified atom stereocenters. The van der Waals surface area contributed by atoms with Gasteiger partial charge in [-0.1, -0.05) is 30.3 Å². The number of benzene rings is 2. The molecule has 0 saturated heterocycles. The van der Waals surface area contributed by atoms with Gasteiger partial charge in [0.25, 0.3) is 0 Å². The van der Waals surface area contributed by atoms with Crippen LogP contribution in [0.1, 0.15) is 12.5 Å². The number of aromatic hydroxyl groups is 1. The Labute approximate surface area is 133 Å². The molecule has 0 fully saturated rings. The Morgan fingerprint density at radius 3 is 2.48 bits per heavy atom. The lowest BCUT2D eigenvalue weighted by Gasteiger charge is -2.09. The van der Waals surface area contributed by atoms with Gasteiger partial charge in [-0.15, -0.1) is 0 Å². The van der Waals surface area contributed by atoms with Crippen LogP contribution in [-0.2, 0) is 9.84 Å². The molecule has 2 rings (SSSR count). The lowest BCUT2D eigenvalue weighted by atomic mass is 10.2. The van der Waals surface area contributed by atoms with E-state index in [1.165, 1.54) is 17.8 Å². The average Bonchev–Trinajstić information content (AvgIpc) is 2.44. The maximum Gasteiger partial charge on any atom is 0.178 e. The summed E-state index contributed by atoms with van der Waals surface area (Å²) in [6.07, 6.45) is 0. The number of aryl methyl sites for hydroxylation is 1. The number of hydrogen-bond donors (Lipinski definition) is 1. The summed E-state index contributed by atoms with van der Waals surface area (Å²) in [5.74, 6) is 0.225. The summed E-state index contributed by atoms with van der Waals surface area (Å²) < 4.78 is 23.7. The van der Waals surface area contributed by atoms with E-state index < -0.39 is 9.84 Å². The van der Waals surface area contributed by atoms with Crippen LogP contribution in [0.25, 0.3) is 0 Å². The third kappa shape index (κ3) is 3.73. The first-order chi connectivity index (χ1) is 9.83. The molecule has 0 atom stereocenters. The topological polar surface area (TPSA) is 54.4 Å². The number of phenolic OH excluding ortho intramolecular Hbond substituents is 1. The van der Waals surface area contributed by atoms with Crippen molar-refractivity contribution in [1.29, 1.82) is 0 Å². The molecule has 112 valence electrons. The molecule has 2 aromatic rings. The Kier molecular flexibility index (Phi) is 4.86. The van der Waals surface area contributed by atoms with Gasteiger partial charge in [-0.2, -0.15) is 0 Å². The summed E-state index contributed by atoms with van der Waals surface area (Å²) >= 11 is 7.28. The standard InChI is InChI=1S/C15H15ClO3S2/c1-3-21(18,19)12-5-7-14(10(2)8-12)20-15-9-11(16)4-6-13(15)17/h4-9,17H,3H2,1-2H3. The second-order valence-corrected chi connectivity index (χ2v) is 8.34. The predicted octanol–water partition coefficient (Wildman–Crippen LogP) is 4.30. The molecule has 21 heavy (non-hydrogen) atoms. The molecule has 6 heteroatoms. The highest BCUT2D eigenvalue weighted by atomic mass is 35.5. The maximum atomic E-state index is 11.9. The Bertz CT molecular complexity index is 770. The Balaban J connectivity index is 2.36. The Hall–Kier alpha value is -1.17. The van der Waals surface area contributed by atoms with Crippen molar-refractivity contribution in [2.24, 2.45) is 0 Å². The molecule has 0 spiro atoms. The molecule has 0 heterocycles. The van der Waals surface area contributed by atoms with Crippen molar-refractivity contribution in [3.05, 3.63) is 47.0 Å². The summed E-state index contributed by atoms with van der Waals surface area (Å²) in [5.41, 5.74) is 0.842. The average molecular weight is 343 g/mol. The molecule has 0 bridgehead atoms. The first-order valence-corrected chi connectivity index (χ1v) is 9.18. The van der Waals surface area contributed by atoms with Crippen LogP contribution in [0, 0.1) is 6.92 Å². The lowest BCUT2D eigenvalue weighted by Crippen LogP contribution is -2.03. The van der Waals surface area contributed by atoms with E-state index in [-0.39, 0.29) is 11.5 Å². The van der Waals surface area contributed by atoms with Gasteiger partial charge in [-0.3, -0.25) is 0 Å². The molecule has 0 aliphatic heterocycles. The third-order valence-corrected chi connectivity index (χ3v) is 6.22. The zero-order valence-corrected chi connectivity index (χ0v) is 14.0. The fraction of sp³-hybridized carbons (Fsp3) is 0.200. The first kappa shape index (κ1) is 16.2. The zero-order chi connectivity index (χ0) is 15.6. The molecule has 0 aliphatic carbocycles. The van der Waals surface area contributed by atoms with Gasteiger partial charge in [0.1, 0.15) is 5.75 Å². The number of sulfone groups is 1. The van der Waals surface area contributed by atoms with Gasteiger partial charge in [0.2, 0.25) is 0 Å². The molecule has 2 aromatic carbocycles. The molecular weight excluding hydrogens is 328 g/mol. The van der Waals surface area contributed by atoms with Crippen molar-refractivity contribution < 1.29 is 13.5 Å². The second kappa shape index (κ2) is 6.30. The quantitative estimate of drug-likeness (QED) is 0.900. The molecule has 0 amide bonds. The summed E-state index contributed by atoms with van der Waals surface area (Å²) in [6, 6.07) is 9.83. The van der Waals surface area contributed by atoms with Crippen LogP contribution in [0.15, 0.2) is 51.1 Å². The minimum Gasteiger partial charge on any atom is -0.507 e. The van der Waals surface area contributed by atoms with E-state index in [4.69, 9.17) is 11.6 Å². The number of halogens is 1. The fourth-order valence-corrected chi connectivity index (χ4v) is 3.94. The van der Waals surface area contributed by atoms with E-state index in [0.29, 0.717) is 14.8 Å². The van der Waals surface area contributed by atoms with Crippen molar-refractivity contribution in [2.75, 3.05) is 5.75 Å². The van der Waals surface area contributed by atoms with Gasteiger partial charge in [0.15, 0.2) is 9.84 Å². The molecule has 1 N–H and O–H groups in total. The third-order valence-electron chi connectivity index (χ3n) is 3.03. The summed E-state index contributed by atoms with van der Waals surface area (Å²) in [5, 5.41) is 10.4. The normalized spacial score (nSPS) is 11.6. The Morgan fingerprint density at radius 2 is 1.86 bits per heavy atom. The number of rotatable bonds is 4. The van der Waals surface area contributed by atoms with Crippen molar-refractivity contribution in [2.45, 2.75) is 28.5 Å². The number of phenols is 1. The van der Waals surface area contributed by atoms with Crippen LogP contribution < -0.4 is 0 Å². The van der Waals surface area contributed by atoms with Gasteiger partial charge < -0.3 is 5.11 Å². The van der Waals surface area contributed by atoms with Crippen LogP contribution >= 0.6 is 23.4 Å². The second-order valence-electron chi connectivity index (χ2n) is 4.54. The molecular formula is C15H15ClO3S2. The fourth-order valence-electron chi connectivity index (χ4n) is 1.78. The lowest BCUT2D eigenvalue weighted by molar-refractivity contribution is 0.462. The zero-order valence-electron chi connectivity index (χ0n) is 11.6. The largest absolute Gasteiger partial charge is 0.507 e. The summed E-state index contributed by atoms with van der Waals surface area (Å²) in [6.45, 7) is 3.47. The van der Waals surface area contributed by atoms with Gasteiger partial charge in [0, 0.05) is 9.92 Å². The van der Waals surface area contributed by atoms with E-state index in [1.54, 1.807) is 37.3 Å². The highest BCUT2D eigenvalue weighted by Gasteiger charge is 2.14. The smallest absolute Gasteiger partial charge is 0.178 e. The van der Waals surface area contributed by atoms with Crippen LogP contribution in [0.4, 0.5) is 0 Å². The molecule has 0 aliphatic rings. The highest BCUT2D eigenvalue weighted by molar-refractivity contribution is 7.99. The molecule has 3 nitrogen and oxygen atoms in total. The van der Waals surface area contributed by atoms with Crippen molar-refractivity contribution >= 4 is 33.2 Å². The SMILES string of the molecule is CCS(=O)(=O)c1ccc(Sc2cc(Cl)ccc2O)c(C)c1. The first-order valence-electron chi connectivity index (χ1n) is 6.33. The molecule has 0 saturated carbocycles. The maximum absolute atomic E-state index is 11.9. The van der Waals surface area contributed by atoms with Crippen LogP contribution in [0.5, 0.6) is 5.75 Å². The summed E-state index contributed by atoms with van der Waals surface area (Å²) in [4.78, 5) is 1.83. The van der Waals surface area contributed by atoms with E-state index in [0.717, 1.165) is 10.5 Å². The molecule has 0 aromatic heterocycles. The van der Waals surface area contributed by atoms with E-state index >= 15 is 0 Å². The van der Waals surface area contributed by atoms with Crippen molar-refractivity contribution in [1.82, 2.24) is 0 Å². The minimum atomic E-state index is -3.20. The predicted molar refractivity (Wildman–Crippen MR) is 86.1 cm³/mol. The minimum absolute atomic E-state index is 0.0774. The molecule has 0 radical (unpaired) electrons. The van der Waals surface area contributed by atoms with Crippen LogP contribution in [0.3, 0.4) is 0 Å². The Morgan fingerprint density at radius 1 is 1.14 bits per heavy atom. The van der Waals surface area contributed by atoms with Gasteiger partial charge in [-0.25, -0.2) is 8.42 Å². The number of hydrogen-bond acceptors (Lipinski definition) is 4. The van der Waals surface area contributed by atoms with E-state index in [1.807, 2.05) is 6.92 Å². The van der Waals surface area contributed by atoms with Crippen LogP contribution in [-0.4, -0.2) is 19.3 Å². The van der Waals surface area contributed by atoms with Gasteiger partial charge >= 0.3 is 0 Å².